The summed E-state index contributed by atoms with van der Waals surface area (Å²) in [5.74, 6) is 0.319. The molecule has 0 amide bonds. The van der Waals surface area contributed by atoms with Gasteiger partial charge in [-0.15, -0.1) is 5.10 Å². The molecule has 1 aliphatic rings. The third-order valence-electron chi connectivity index (χ3n) is 5.55. The van der Waals surface area contributed by atoms with Crippen LogP contribution in [0, 0.1) is 5.82 Å². The summed E-state index contributed by atoms with van der Waals surface area (Å²) < 4.78 is 20.6. The van der Waals surface area contributed by atoms with Gasteiger partial charge in [0, 0.05) is 38.3 Å². The average Bonchev–Trinajstić information content (AvgIpc) is 3.39. The zero-order valence-electron chi connectivity index (χ0n) is 17.8. The van der Waals surface area contributed by atoms with E-state index in [0.29, 0.717) is 17.3 Å². The highest BCUT2D eigenvalue weighted by atomic mass is 35.5. The van der Waals surface area contributed by atoms with Crippen LogP contribution >= 0.6 is 22.9 Å². The molecule has 33 heavy (non-hydrogen) atoms. The zero-order valence-corrected chi connectivity index (χ0v) is 19.3. The molecule has 1 N–H and O–H groups in total. The molecule has 1 aliphatic heterocycles. The highest BCUT2D eigenvalue weighted by molar-refractivity contribution is 7.20. The van der Waals surface area contributed by atoms with E-state index in [0.717, 1.165) is 47.5 Å². The summed E-state index contributed by atoms with van der Waals surface area (Å²) in [7, 11) is 0. The van der Waals surface area contributed by atoms with Gasteiger partial charge >= 0.3 is 0 Å². The summed E-state index contributed by atoms with van der Waals surface area (Å²) in [6.07, 6.45) is 1.27. The summed E-state index contributed by atoms with van der Waals surface area (Å²) >= 11 is 7.63. The molecule has 2 aromatic carbocycles. The van der Waals surface area contributed by atoms with Crippen molar-refractivity contribution >= 4 is 33.0 Å². The molecule has 0 spiro atoms. The van der Waals surface area contributed by atoms with E-state index in [9.17, 15) is 9.50 Å². The van der Waals surface area contributed by atoms with Gasteiger partial charge in [-0.25, -0.2) is 13.9 Å². The van der Waals surface area contributed by atoms with Crippen LogP contribution in [0.3, 0.4) is 0 Å². The van der Waals surface area contributed by atoms with Crippen molar-refractivity contribution in [2.24, 2.45) is 0 Å². The smallest absolute Gasteiger partial charge is 0.214 e. The van der Waals surface area contributed by atoms with Crippen molar-refractivity contribution in [3.05, 3.63) is 65.6 Å². The van der Waals surface area contributed by atoms with Crippen LogP contribution in [0.1, 0.15) is 0 Å². The average molecular weight is 488 g/mol. The Kier molecular flexibility index (Phi) is 6.45. The van der Waals surface area contributed by atoms with Gasteiger partial charge in [-0.3, -0.25) is 4.90 Å². The van der Waals surface area contributed by atoms with Crippen molar-refractivity contribution in [2.45, 2.75) is 6.10 Å². The molecule has 1 unspecified atom stereocenters. The molecular formula is C23H23ClFN5O2S. The number of β-amino-alcohol motifs (C(OH)–C–C–N with tert-alkyl or cyclic N) is 1. The Labute approximate surface area is 199 Å². The first kappa shape index (κ1) is 22.1. The fraction of sp³-hybridized carbons (Fsp3) is 0.304. The SMILES string of the molecule is OC(COc1ccccc1Cl)CN1CCN(c2nn3cc(-c4ccc(F)cc4)nc3s2)CC1. The van der Waals surface area contributed by atoms with Gasteiger partial charge in [0.2, 0.25) is 10.1 Å². The lowest BCUT2D eigenvalue weighted by atomic mass is 10.2. The number of aliphatic hydroxyl groups is 1. The second-order valence-corrected chi connectivity index (χ2v) is 9.27. The number of para-hydroxylation sites is 1. The van der Waals surface area contributed by atoms with E-state index in [4.69, 9.17) is 16.3 Å². The van der Waals surface area contributed by atoms with Crippen LogP contribution in [0.15, 0.2) is 54.7 Å². The van der Waals surface area contributed by atoms with Gasteiger partial charge in [-0.1, -0.05) is 35.1 Å². The number of nitrogens with zero attached hydrogens (tertiary/aromatic N) is 5. The second kappa shape index (κ2) is 9.64. The van der Waals surface area contributed by atoms with Crippen molar-refractivity contribution in [1.29, 1.82) is 0 Å². The summed E-state index contributed by atoms with van der Waals surface area (Å²) in [4.78, 5) is 9.90. The first-order valence-corrected chi connectivity index (χ1v) is 11.9. The van der Waals surface area contributed by atoms with E-state index in [1.807, 2.05) is 18.3 Å². The van der Waals surface area contributed by atoms with Crippen LogP contribution in [-0.2, 0) is 0 Å². The molecule has 2 aromatic heterocycles. The van der Waals surface area contributed by atoms with Gasteiger partial charge in [0.05, 0.1) is 16.9 Å². The molecule has 1 saturated heterocycles. The zero-order chi connectivity index (χ0) is 22.8. The Hall–Kier alpha value is -2.72. The van der Waals surface area contributed by atoms with Crippen molar-refractivity contribution < 1.29 is 14.2 Å². The van der Waals surface area contributed by atoms with Gasteiger partial charge in [0.25, 0.3) is 0 Å². The van der Waals surface area contributed by atoms with E-state index in [1.54, 1.807) is 28.8 Å². The number of piperazine rings is 1. The van der Waals surface area contributed by atoms with Gasteiger partial charge < -0.3 is 14.7 Å². The number of anilines is 1. The number of imidazole rings is 1. The normalized spacial score (nSPS) is 15.8. The molecule has 5 rings (SSSR count). The quantitative estimate of drug-likeness (QED) is 0.427. The molecule has 0 radical (unpaired) electrons. The Morgan fingerprint density at radius 1 is 1.09 bits per heavy atom. The highest BCUT2D eigenvalue weighted by Crippen LogP contribution is 2.27. The second-order valence-electron chi connectivity index (χ2n) is 7.93. The predicted octanol–water partition coefficient (Wildman–Crippen LogP) is 3.81. The maximum absolute atomic E-state index is 13.2. The van der Waals surface area contributed by atoms with Crippen LogP contribution < -0.4 is 9.64 Å². The van der Waals surface area contributed by atoms with E-state index in [2.05, 4.69) is 19.9 Å². The molecule has 10 heteroatoms. The minimum absolute atomic E-state index is 0.198. The number of fused-ring (bicyclic) bond motifs is 1. The lowest BCUT2D eigenvalue weighted by Crippen LogP contribution is -2.49. The molecule has 3 heterocycles. The Morgan fingerprint density at radius 3 is 2.58 bits per heavy atom. The standard InChI is InChI=1S/C23H23ClFN5O2S/c24-19-3-1-2-4-21(19)32-15-18(31)13-28-9-11-29(12-10-28)23-27-30-14-20(26-22(30)33-23)16-5-7-17(25)8-6-16/h1-8,14,18,31H,9-13,15H2. The number of hydrogen-bond acceptors (Lipinski definition) is 7. The third kappa shape index (κ3) is 5.11. The number of aliphatic hydroxyl groups excluding tert-OH is 1. The van der Waals surface area contributed by atoms with Crippen LogP contribution in [-0.4, -0.2) is 70.0 Å². The van der Waals surface area contributed by atoms with E-state index < -0.39 is 6.10 Å². The number of hydrogen-bond donors (Lipinski definition) is 1. The Balaban J connectivity index is 1.13. The number of halogens is 2. The maximum atomic E-state index is 13.2. The van der Waals surface area contributed by atoms with E-state index in [1.165, 1.54) is 23.5 Å². The fourth-order valence-electron chi connectivity index (χ4n) is 3.80. The molecule has 0 saturated carbocycles. The maximum Gasteiger partial charge on any atom is 0.214 e. The largest absolute Gasteiger partial charge is 0.489 e. The Morgan fingerprint density at radius 2 is 1.85 bits per heavy atom. The van der Waals surface area contributed by atoms with Crippen molar-refractivity contribution in [3.63, 3.8) is 0 Å². The molecule has 0 bridgehead atoms. The number of aromatic nitrogens is 3. The van der Waals surface area contributed by atoms with E-state index in [-0.39, 0.29) is 12.4 Å². The molecule has 1 fully saturated rings. The minimum Gasteiger partial charge on any atom is -0.489 e. The topological polar surface area (TPSA) is 66.1 Å². The molecule has 172 valence electrons. The van der Waals surface area contributed by atoms with Crippen molar-refractivity contribution in [2.75, 3.05) is 44.2 Å². The highest BCUT2D eigenvalue weighted by Gasteiger charge is 2.22. The van der Waals surface area contributed by atoms with Crippen LogP contribution in [0.2, 0.25) is 5.02 Å². The Bertz CT molecular complexity index is 1190. The van der Waals surface area contributed by atoms with E-state index >= 15 is 0 Å². The lowest BCUT2D eigenvalue weighted by Gasteiger charge is -2.35. The van der Waals surface area contributed by atoms with Gasteiger partial charge in [-0.05, 0) is 36.4 Å². The van der Waals surface area contributed by atoms with Gasteiger partial charge in [0.1, 0.15) is 24.3 Å². The fourth-order valence-corrected chi connectivity index (χ4v) is 4.92. The number of rotatable bonds is 7. The van der Waals surface area contributed by atoms with Crippen LogP contribution in [0.25, 0.3) is 16.2 Å². The molecule has 1 atom stereocenters. The van der Waals surface area contributed by atoms with Crippen molar-refractivity contribution in [1.82, 2.24) is 19.5 Å². The third-order valence-corrected chi connectivity index (χ3v) is 6.85. The molecule has 0 aliphatic carbocycles. The molecular weight excluding hydrogens is 465 g/mol. The van der Waals surface area contributed by atoms with Crippen LogP contribution in [0.4, 0.5) is 9.52 Å². The van der Waals surface area contributed by atoms with Gasteiger partial charge in [-0.2, -0.15) is 0 Å². The molecule has 4 aromatic rings. The summed E-state index contributed by atoms with van der Waals surface area (Å²) in [6.45, 7) is 4.03. The van der Waals surface area contributed by atoms with Gasteiger partial charge in [0.15, 0.2) is 0 Å². The number of benzene rings is 2. The predicted molar refractivity (Wildman–Crippen MR) is 128 cm³/mol. The van der Waals surface area contributed by atoms with Crippen LogP contribution in [0.5, 0.6) is 5.75 Å². The number of ether oxygens (including phenoxy) is 1. The summed E-state index contributed by atoms with van der Waals surface area (Å²) in [6, 6.07) is 13.6. The first-order valence-electron chi connectivity index (χ1n) is 10.7. The monoisotopic (exact) mass is 487 g/mol. The summed E-state index contributed by atoms with van der Waals surface area (Å²) in [5, 5.41) is 16.5. The summed E-state index contributed by atoms with van der Waals surface area (Å²) in [5.41, 5.74) is 1.64. The molecule has 7 nitrogen and oxygen atoms in total. The lowest BCUT2D eigenvalue weighted by molar-refractivity contribution is 0.0663. The minimum atomic E-state index is -0.596. The van der Waals surface area contributed by atoms with Crippen molar-refractivity contribution in [3.8, 4) is 17.0 Å². The first-order chi connectivity index (χ1) is 16.0.